The van der Waals surface area contributed by atoms with Gasteiger partial charge in [0.1, 0.15) is 12.2 Å². The molecular weight excluding hydrogens is 973 g/mol. The summed E-state index contributed by atoms with van der Waals surface area (Å²) in [6, 6.07) is 0. The molecule has 12 rings (SSSR count). The van der Waals surface area contributed by atoms with Crippen molar-refractivity contribution in [1.82, 2.24) is 0 Å². The highest BCUT2D eigenvalue weighted by atomic mass is 16.4. The average molecular weight is 1060 g/mol. The number of carbonyl (C=O) groups excluding carboxylic acids is 4. The monoisotopic (exact) mass is 1050 g/mol. The van der Waals surface area contributed by atoms with Gasteiger partial charge in [0.2, 0.25) is 0 Å². The number of fused-ring (bicyclic) bond motifs is 15. The Morgan fingerprint density at radius 2 is 0.868 bits per heavy atom. The van der Waals surface area contributed by atoms with Crippen LogP contribution in [0.25, 0.3) is 0 Å². The Hall–Kier alpha value is -3.96. The van der Waals surface area contributed by atoms with Crippen LogP contribution in [-0.4, -0.2) is 123 Å². The van der Waals surface area contributed by atoms with E-state index in [2.05, 4.69) is 20.8 Å². The molecule has 21 atom stereocenters. The van der Waals surface area contributed by atoms with Crippen LogP contribution < -0.4 is 0 Å². The summed E-state index contributed by atoms with van der Waals surface area (Å²) in [7, 11) is 0. The number of carbonyl (C=O) groups is 6. The number of aliphatic hydroxyl groups excluding tert-OH is 4. The smallest absolute Gasteiger partial charge is 0.336 e. The summed E-state index contributed by atoms with van der Waals surface area (Å²) in [5.41, 5.74) is -4.95. The van der Waals surface area contributed by atoms with Crippen molar-refractivity contribution >= 4 is 35.1 Å². The van der Waals surface area contributed by atoms with E-state index < -0.39 is 75.7 Å². The first-order valence-electron chi connectivity index (χ1n) is 28.4. The van der Waals surface area contributed by atoms with E-state index in [1.807, 2.05) is 32.9 Å². The highest BCUT2D eigenvalue weighted by Gasteiger charge is 2.72. The van der Waals surface area contributed by atoms with Gasteiger partial charge in [0.05, 0.1) is 18.3 Å². The average Bonchev–Trinajstić information content (AvgIpc) is 4.03. The second kappa shape index (κ2) is 18.3. The van der Waals surface area contributed by atoms with Crippen molar-refractivity contribution in [3.8, 4) is 0 Å². The number of aliphatic hydroxyl groups is 7. The number of hydrogen-bond acceptors (Lipinski definition) is 13. The lowest BCUT2D eigenvalue weighted by Gasteiger charge is -2.60. The van der Waals surface area contributed by atoms with Crippen LogP contribution in [0, 0.1) is 85.8 Å². The minimum absolute atomic E-state index is 0.00202. The standard InChI is InChI=1S/C21H30O5.2C20H26O5/c1-19-7-5-13(23)9-12(19)3-4-14-15-6-8-21(26,17(25)11-22)20(15,2)10-16(24)18(14)19;2*1-18-7-5-12(21)9-11(18)3-4-13-14-6-8-20(25,17(23)24)19(14,2)10-15(22)16(13)18/h9,14-16,18,22,24,26H,3-8,10-11H2,1-2H3;2*5,7,9,13-16,22,25H,3-4,6,8,10H2,1-2H3,(H,23,24)/t14?,15?,16?,18?,19?,20?,21-;2*13?,14?,15?,16?,18?,19?,20-/m000/s1. The first kappa shape index (κ1) is 55.4. The van der Waals surface area contributed by atoms with Gasteiger partial charge in [-0.3, -0.25) is 19.2 Å². The molecular formula is C61H82O15. The number of ketones is 4. The first-order chi connectivity index (χ1) is 35.4. The number of Topliss-reactive ketones (excluding diaryl/α,β-unsaturated/α-hetero) is 1. The third-order valence-electron chi connectivity index (χ3n) is 24.7. The van der Waals surface area contributed by atoms with Crippen LogP contribution in [0.15, 0.2) is 59.3 Å². The van der Waals surface area contributed by atoms with Gasteiger partial charge in [-0.15, -0.1) is 0 Å². The molecule has 0 amide bonds. The van der Waals surface area contributed by atoms with Crippen molar-refractivity contribution in [1.29, 1.82) is 0 Å². The van der Waals surface area contributed by atoms with Gasteiger partial charge < -0.3 is 46.0 Å². The Morgan fingerprint density at radius 1 is 0.500 bits per heavy atom. The highest BCUT2D eigenvalue weighted by Crippen LogP contribution is 2.70. The molecule has 76 heavy (non-hydrogen) atoms. The topological polar surface area (TPSA) is 284 Å². The van der Waals surface area contributed by atoms with Crippen LogP contribution in [0.5, 0.6) is 0 Å². The summed E-state index contributed by atoms with van der Waals surface area (Å²) in [6.07, 6.45) is 20.5. The quantitative estimate of drug-likeness (QED) is 0.157. The molecule has 0 radical (unpaired) electrons. The molecule has 0 aromatic rings. The maximum atomic E-state index is 12.4. The number of rotatable bonds is 4. The molecule has 9 saturated carbocycles. The zero-order valence-corrected chi connectivity index (χ0v) is 45.2. The van der Waals surface area contributed by atoms with E-state index in [0.717, 1.165) is 62.5 Å². The predicted molar refractivity (Wildman–Crippen MR) is 276 cm³/mol. The molecule has 0 saturated heterocycles. The largest absolute Gasteiger partial charge is 0.479 e. The molecule has 12 aliphatic rings. The van der Waals surface area contributed by atoms with Crippen molar-refractivity contribution in [3.63, 3.8) is 0 Å². The molecule has 15 heteroatoms. The molecule has 0 spiro atoms. The number of allylic oxidation sites excluding steroid dienone is 9. The van der Waals surface area contributed by atoms with Crippen molar-refractivity contribution in [2.24, 2.45) is 85.8 Å². The number of aliphatic carboxylic acids is 2. The number of carboxylic acids is 2. The summed E-state index contributed by atoms with van der Waals surface area (Å²) in [6.45, 7) is 11.3. The lowest BCUT2D eigenvalue weighted by molar-refractivity contribution is -0.192. The number of hydrogen-bond donors (Lipinski definition) is 9. The SMILES string of the molecule is CC12C=CC(=O)C=C1CCC1C2C(O)CC2(C)C1CC[C@]2(O)C(=O)O.CC12C=CC(=O)C=C1CCC1C2C(O)CC2(C)C1CC[C@]2(O)C(=O)O.CC12CCC(=O)C=C1CCC1C2C(O)CC2(C)C1CC[C@]2(O)C(=O)CO. The van der Waals surface area contributed by atoms with Crippen molar-refractivity contribution < 1.29 is 74.7 Å². The summed E-state index contributed by atoms with van der Waals surface area (Å²) in [5.74, 6) is -1.81. The predicted octanol–water partition coefficient (Wildman–Crippen LogP) is 5.94. The Bertz CT molecular complexity index is 2550. The summed E-state index contributed by atoms with van der Waals surface area (Å²) in [5, 5.41) is 94.9. The highest BCUT2D eigenvalue weighted by molar-refractivity contribution is 6.02. The minimum atomic E-state index is -1.76. The van der Waals surface area contributed by atoms with Gasteiger partial charge in [-0.25, -0.2) is 9.59 Å². The van der Waals surface area contributed by atoms with Gasteiger partial charge in [-0.05, 0) is 180 Å². The fourth-order valence-corrected chi connectivity index (χ4v) is 20.6. The summed E-state index contributed by atoms with van der Waals surface area (Å²) >= 11 is 0. The van der Waals surface area contributed by atoms with Gasteiger partial charge >= 0.3 is 11.9 Å². The Kier molecular flexibility index (Phi) is 13.3. The van der Waals surface area contributed by atoms with E-state index in [0.29, 0.717) is 32.1 Å². The number of carboxylic acid groups (broad SMARTS) is 2. The van der Waals surface area contributed by atoms with Crippen molar-refractivity contribution in [2.75, 3.05) is 6.61 Å². The maximum Gasteiger partial charge on any atom is 0.336 e. The molecule has 15 nitrogen and oxygen atoms in total. The van der Waals surface area contributed by atoms with Gasteiger partial charge in [0.25, 0.3) is 0 Å². The molecule has 0 bridgehead atoms. The van der Waals surface area contributed by atoms with Crippen LogP contribution >= 0.6 is 0 Å². The van der Waals surface area contributed by atoms with Crippen molar-refractivity contribution in [3.05, 3.63) is 59.3 Å². The van der Waals surface area contributed by atoms with Gasteiger partial charge in [-0.1, -0.05) is 70.4 Å². The van der Waals surface area contributed by atoms with Crippen LogP contribution in [-0.2, 0) is 28.8 Å². The second-order valence-electron chi connectivity index (χ2n) is 27.4. The fraction of sp³-hybridized carbons (Fsp3) is 0.738. The molecule has 12 aliphatic carbocycles. The Morgan fingerprint density at radius 3 is 1.28 bits per heavy atom. The summed E-state index contributed by atoms with van der Waals surface area (Å²) < 4.78 is 0. The molecule has 18 unspecified atom stereocenters. The summed E-state index contributed by atoms with van der Waals surface area (Å²) in [4.78, 5) is 71.4. The van der Waals surface area contributed by atoms with E-state index in [9.17, 15) is 74.7 Å². The van der Waals surface area contributed by atoms with E-state index in [1.165, 1.54) is 5.57 Å². The Labute approximate surface area is 445 Å². The van der Waals surface area contributed by atoms with Gasteiger partial charge in [0.15, 0.2) is 34.3 Å². The Balaban J connectivity index is 0.000000130. The third-order valence-corrected chi connectivity index (χ3v) is 24.7. The lowest BCUT2D eigenvalue weighted by Crippen LogP contribution is -2.62. The molecule has 0 aromatic carbocycles. The maximum absolute atomic E-state index is 12.4. The molecule has 0 aliphatic heterocycles. The third kappa shape index (κ3) is 7.50. The van der Waals surface area contributed by atoms with Crippen LogP contribution in [0.1, 0.15) is 151 Å². The molecule has 9 fully saturated rings. The first-order valence-corrected chi connectivity index (χ1v) is 28.4. The van der Waals surface area contributed by atoms with Gasteiger partial charge in [0, 0.05) is 45.3 Å². The van der Waals surface area contributed by atoms with E-state index in [-0.39, 0.29) is 113 Å². The molecule has 0 heterocycles. The molecule has 0 aromatic heterocycles. The van der Waals surface area contributed by atoms with Crippen LogP contribution in [0.4, 0.5) is 0 Å². The lowest BCUT2D eigenvalue weighted by atomic mass is 9.45. The van der Waals surface area contributed by atoms with E-state index >= 15 is 0 Å². The van der Waals surface area contributed by atoms with Gasteiger partial charge in [-0.2, -0.15) is 0 Å². The van der Waals surface area contributed by atoms with Crippen molar-refractivity contribution in [2.45, 2.75) is 186 Å². The van der Waals surface area contributed by atoms with Crippen LogP contribution in [0.3, 0.4) is 0 Å². The van der Waals surface area contributed by atoms with Crippen LogP contribution in [0.2, 0.25) is 0 Å². The zero-order valence-electron chi connectivity index (χ0n) is 45.2. The minimum Gasteiger partial charge on any atom is -0.479 e. The second-order valence-corrected chi connectivity index (χ2v) is 27.4. The normalized spacial score (nSPS) is 51.1. The van der Waals surface area contributed by atoms with E-state index in [4.69, 9.17) is 0 Å². The molecule has 9 N–H and O–H groups in total. The fourth-order valence-electron chi connectivity index (χ4n) is 20.6. The van der Waals surface area contributed by atoms with E-state index in [1.54, 1.807) is 30.4 Å². The zero-order chi connectivity index (χ0) is 55.3. The molecule has 416 valence electrons.